The highest BCUT2D eigenvalue weighted by Gasteiger charge is 2.73. The van der Waals surface area contributed by atoms with Gasteiger partial charge in [-0.1, -0.05) is 6.07 Å². The Hall–Kier alpha value is -2.09. The van der Waals surface area contributed by atoms with E-state index in [-0.39, 0.29) is 23.7 Å². The number of aromatic hydroxyl groups is 1. The molecule has 1 spiro atoms. The topological polar surface area (TPSA) is 93.5 Å². The van der Waals surface area contributed by atoms with Crippen LogP contribution in [0, 0.1) is 5.92 Å². The van der Waals surface area contributed by atoms with Gasteiger partial charge in [0.05, 0.1) is 17.1 Å². The molecule has 1 aromatic rings. The second-order valence-electron chi connectivity index (χ2n) is 10.4. The summed E-state index contributed by atoms with van der Waals surface area (Å²) in [5, 5.41) is 33.6. The summed E-state index contributed by atoms with van der Waals surface area (Å²) in [4.78, 5) is 16.6. The van der Waals surface area contributed by atoms with Crippen LogP contribution in [0.2, 0.25) is 0 Å². The lowest BCUT2D eigenvalue weighted by atomic mass is 9.48. The lowest BCUT2D eigenvalue weighted by molar-refractivity contribution is -0.206. The average molecular weight is 424 g/mol. The van der Waals surface area contributed by atoms with Crippen LogP contribution in [0.25, 0.3) is 0 Å². The summed E-state index contributed by atoms with van der Waals surface area (Å²) in [6, 6.07) is 3.33. The summed E-state index contributed by atoms with van der Waals surface area (Å²) in [7, 11) is 0. The van der Waals surface area contributed by atoms with Crippen molar-refractivity contribution in [1.82, 2.24) is 9.80 Å². The van der Waals surface area contributed by atoms with Gasteiger partial charge in [0.15, 0.2) is 11.5 Å². The number of amides is 1. The molecule has 3 heterocycles. The van der Waals surface area contributed by atoms with Gasteiger partial charge in [-0.15, -0.1) is 0 Å². The zero-order valence-corrected chi connectivity index (χ0v) is 17.4. The fraction of sp³-hybridized carbons (Fsp3) is 0.625. The molecule has 1 aromatic carbocycles. The SMILES string of the molecule is O=C1C=CC(O)N1[C@@H]1CCC2(O)[C@H]3Cc4ccc(O)c5c4[C@@]2(CCN3CC2CC2)[C@H]1O5. The third-order valence-corrected chi connectivity index (χ3v) is 9.04. The summed E-state index contributed by atoms with van der Waals surface area (Å²) in [5.41, 5.74) is 0.429. The molecule has 1 amide bonds. The van der Waals surface area contributed by atoms with E-state index in [2.05, 4.69) is 4.90 Å². The van der Waals surface area contributed by atoms with E-state index in [9.17, 15) is 20.1 Å². The van der Waals surface area contributed by atoms with Crippen molar-refractivity contribution in [3.63, 3.8) is 0 Å². The van der Waals surface area contributed by atoms with Crippen molar-refractivity contribution in [3.8, 4) is 11.5 Å². The molecule has 2 unspecified atom stereocenters. The number of phenolic OH excluding ortho intramolecular Hbond substituents is 1. The molecule has 7 heteroatoms. The molecule has 7 nitrogen and oxygen atoms in total. The molecule has 2 bridgehead atoms. The Labute approximate surface area is 180 Å². The maximum absolute atomic E-state index is 12.6. The van der Waals surface area contributed by atoms with Gasteiger partial charge >= 0.3 is 0 Å². The molecular formula is C24H28N2O5. The number of aliphatic hydroxyl groups excluding tert-OH is 1. The van der Waals surface area contributed by atoms with Crippen molar-refractivity contribution in [2.24, 2.45) is 5.92 Å². The van der Waals surface area contributed by atoms with Crippen LogP contribution in [0.15, 0.2) is 24.3 Å². The highest BCUT2D eigenvalue weighted by atomic mass is 16.5. The highest BCUT2D eigenvalue weighted by Crippen LogP contribution is 2.66. The first-order valence-electron chi connectivity index (χ1n) is 11.6. The van der Waals surface area contributed by atoms with Crippen molar-refractivity contribution in [2.45, 2.75) is 74.0 Å². The number of hydrogen-bond acceptors (Lipinski definition) is 6. The Kier molecular flexibility index (Phi) is 3.47. The Balaban J connectivity index is 1.39. The first-order chi connectivity index (χ1) is 14.9. The summed E-state index contributed by atoms with van der Waals surface area (Å²) < 4.78 is 6.46. The van der Waals surface area contributed by atoms with E-state index < -0.39 is 23.3 Å². The molecular weight excluding hydrogens is 396 g/mol. The van der Waals surface area contributed by atoms with Crippen molar-refractivity contribution < 1.29 is 24.9 Å². The van der Waals surface area contributed by atoms with E-state index in [1.54, 1.807) is 6.07 Å². The van der Waals surface area contributed by atoms with E-state index >= 15 is 0 Å². The molecule has 0 aromatic heterocycles. The third-order valence-electron chi connectivity index (χ3n) is 9.04. The average Bonchev–Trinajstić information content (AvgIpc) is 3.40. The minimum absolute atomic E-state index is 0.00854. The Morgan fingerprint density at radius 1 is 1.19 bits per heavy atom. The molecule has 3 aliphatic heterocycles. The number of carbonyl (C=O) groups is 1. The lowest BCUT2D eigenvalue weighted by Gasteiger charge is -2.64. The van der Waals surface area contributed by atoms with Crippen LogP contribution in [0.5, 0.6) is 11.5 Å². The predicted octanol–water partition coefficient (Wildman–Crippen LogP) is 1.04. The molecule has 3 N–H and O–H groups in total. The quantitative estimate of drug-likeness (QED) is 0.672. The molecule has 6 aliphatic rings. The highest BCUT2D eigenvalue weighted by molar-refractivity contribution is 5.90. The standard InChI is InChI=1S/C24H28N2O5/c27-16-4-3-14-11-17-24(30)8-7-15(26-18(28)5-6-19(26)29)22-23(24,20(14)21(16)31-22)9-10-25(17)12-13-1-2-13/h3-6,13,15,17-18,22,27-28,30H,1-2,7-12H2/t15-,17-,18?,22+,23+,24?/m1/s1. The monoisotopic (exact) mass is 424 g/mol. The largest absolute Gasteiger partial charge is 0.504 e. The Morgan fingerprint density at radius 2 is 2.03 bits per heavy atom. The molecule has 6 atom stereocenters. The van der Waals surface area contributed by atoms with Crippen LogP contribution in [0.4, 0.5) is 0 Å². The normalized spacial score (nSPS) is 42.6. The van der Waals surface area contributed by atoms with Crippen LogP contribution in [0.1, 0.15) is 43.2 Å². The van der Waals surface area contributed by atoms with Crippen LogP contribution in [-0.2, 0) is 16.6 Å². The second-order valence-corrected chi connectivity index (χ2v) is 10.4. The third kappa shape index (κ3) is 2.12. The molecule has 0 radical (unpaired) electrons. The number of nitrogens with zero attached hydrogens (tertiary/aromatic N) is 2. The number of phenols is 1. The maximum atomic E-state index is 12.6. The zero-order valence-electron chi connectivity index (χ0n) is 17.4. The number of benzene rings is 1. The molecule has 3 fully saturated rings. The van der Waals surface area contributed by atoms with Gasteiger partial charge in [-0.3, -0.25) is 9.69 Å². The van der Waals surface area contributed by atoms with Gasteiger partial charge in [-0.2, -0.15) is 0 Å². The van der Waals surface area contributed by atoms with Crippen molar-refractivity contribution in [2.75, 3.05) is 13.1 Å². The van der Waals surface area contributed by atoms with Gasteiger partial charge in [-0.05, 0) is 68.7 Å². The van der Waals surface area contributed by atoms with Gasteiger partial charge in [0, 0.05) is 24.2 Å². The summed E-state index contributed by atoms with van der Waals surface area (Å²) in [6.07, 6.45) is 6.59. The molecule has 2 saturated carbocycles. The van der Waals surface area contributed by atoms with Crippen molar-refractivity contribution in [3.05, 3.63) is 35.4 Å². The molecule has 1 saturated heterocycles. The summed E-state index contributed by atoms with van der Waals surface area (Å²) >= 11 is 0. The number of rotatable bonds is 3. The molecule has 164 valence electrons. The second kappa shape index (κ2) is 5.82. The molecule has 31 heavy (non-hydrogen) atoms. The fourth-order valence-corrected chi connectivity index (χ4v) is 7.58. The van der Waals surface area contributed by atoms with Crippen molar-refractivity contribution >= 4 is 5.91 Å². The molecule has 3 aliphatic carbocycles. The first-order valence-corrected chi connectivity index (χ1v) is 11.6. The van der Waals surface area contributed by atoms with Gasteiger partial charge in [-0.25, -0.2) is 0 Å². The first kappa shape index (κ1) is 18.5. The number of hydrogen-bond donors (Lipinski definition) is 3. The lowest BCUT2D eigenvalue weighted by Crippen LogP contribution is -2.78. The number of carbonyl (C=O) groups excluding carboxylic acids is 1. The van der Waals surface area contributed by atoms with Crippen LogP contribution in [-0.4, -0.2) is 74.1 Å². The molecule has 7 rings (SSSR count). The Morgan fingerprint density at radius 3 is 2.77 bits per heavy atom. The van der Waals surface area contributed by atoms with Crippen LogP contribution < -0.4 is 4.74 Å². The van der Waals surface area contributed by atoms with Crippen LogP contribution in [0.3, 0.4) is 0 Å². The van der Waals surface area contributed by atoms with Crippen molar-refractivity contribution in [1.29, 1.82) is 0 Å². The van der Waals surface area contributed by atoms with E-state index in [4.69, 9.17) is 4.74 Å². The van der Waals surface area contributed by atoms with Crippen LogP contribution >= 0.6 is 0 Å². The van der Waals surface area contributed by atoms with E-state index in [1.807, 2.05) is 6.07 Å². The van der Waals surface area contributed by atoms with Gasteiger partial charge < -0.3 is 25.0 Å². The summed E-state index contributed by atoms with van der Waals surface area (Å²) in [6.45, 7) is 1.91. The van der Waals surface area contributed by atoms with E-state index in [1.165, 1.54) is 29.9 Å². The zero-order chi connectivity index (χ0) is 21.1. The predicted molar refractivity (Wildman–Crippen MR) is 111 cm³/mol. The van der Waals surface area contributed by atoms with Gasteiger partial charge in [0.25, 0.3) is 0 Å². The minimum atomic E-state index is -0.978. The van der Waals surface area contributed by atoms with Gasteiger partial charge in [0.2, 0.25) is 5.91 Å². The fourth-order valence-electron chi connectivity index (χ4n) is 7.58. The summed E-state index contributed by atoms with van der Waals surface area (Å²) in [5.74, 6) is 1.08. The number of piperidine rings is 1. The van der Waals surface area contributed by atoms with Gasteiger partial charge in [0.1, 0.15) is 12.3 Å². The smallest absolute Gasteiger partial charge is 0.249 e. The van der Waals surface area contributed by atoms with E-state index in [0.717, 1.165) is 43.0 Å². The van der Waals surface area contributed by atoms with E-state index in [0.29, 0.717) is 18.6 Å². The number of ether oxygens (including phenoxy) is 1. The number of aliphatic hydroxyl groups is 2. The maximum Gasteiger partial charge on any atom is 0.249 e. The minimum Gasteiger partial charge on any atom is -0.504 e. The number of likely N-dealkylation sites (tertiary alicyclic amines) is 1. The Bertz CT molecular complexity index is 1020.